The van der Waals surface area contributed by atoms with Crippen LogP contribution in [0.15, 0.2) is 75.4 Å². The predicted octanol–water partition coefficient (Wildman–Crippen LogP) is 6.63. The number of esters is 1. The SMILES string of the molecule is CC(=O)Oc1c(C)cc([S+](c2ccc(Cl)cc2)c2ccc(Cl)cc2)cc1C. The summed E-state index contributed by atoms with van der Waals surface area (Å²) in [7, 11) is -0.330. The monoisotopic (exact) mass is 417 g/mol. The van der Waals surface area contributed by atoms with Gasteiger partial charge in [-0.3, -0.25) is 4.79 Å². The van der Waals surface area contributed by atoms with Crippen molar-refractivity contribution in [2.75, 3.05) is 0 Å². The van der Waals surface area contributed by atoms with Gasteiger partial charge in [0.1, 0.15) is 5.75 Å². The van der Waals surface area contributed by atoms with Crippen LogP contribution in [-0.2, 0) is 15.7 Å². The van der Waals surface area contributed by atoms with Crippen molar-refractivity contribution in [3.8, 4) is 5.75 Å². The van der Waals surface area contributed by atoms with Crippen LogP contribution in [0.1, 0.15) is 18.1 Å². The van der Waals surface area contributed by atoms with Gasteiger partial charge in [-0.05, 0) is 73.5 Å². The molecular weight excluding hydrogens is 399 g/mol. The minimum atomic E-state index is -0.330. The van der Waals surface area contributed by atoms with Crippen LogP contribution in [0.5, 0.6) is 5.75 Å². The zero-order chi connectivity index (χ0) is 19.6. The summed E-state index contributed by atoms with van der Waals surface area (Å²) in [6.45, 7) is 5.33. The van der Waals surface area contributed by atoms with Crippen LogP contribution >= 0.6 is 23.2 Å². The molecule has 0 heterocycles. The molecule has 0 radical (unpaired) electrons. The van der Waals surface area contributed by atoms with Crippen molar-refractivity contribution in [3.05, 3.63) is 81.8 Å². The van der Waals surface area contributed by atoms with Crippen molar-refractivity contribution in [3.63, 3.8) is 0 Å². The Bertz CT molecular complexity index is 898. The molecule has 3 rings (SSSR count). The first-order chi connectivity index (χ1) is 12.8. The van der Waals surface area contributed by atoms with E-state index < -0.39 is 0 Å². The molecule has 138 valence electrons. The lowest BCUT2D eigenvalue weighted by atomic mass is 10.1. The number of carbonyl (C=O) groups excluding carboxylic acids is 1. The largest absolute Gasteiger partial charge is 0.426 e. The van der Waals surface area contributed by atoms with Crippen molar-refractivity contribution in [1.82, 2.24) is 0 Å². The number of aryl methyl sites for hydroxylation is 2. The summed E-state index contributed by atoms with van der Waals surface area (Å²) in [4.78, 5) is 14.8. The second kappa shape index (κ2) is 8.39. The smallest absolute Gasteiger partial charge is 0.308 e. The van der Waals surface area contributed by atoms with E-state index in [-0.39, 0.29) is 16.9 Å². The molecule has 2 nitrogen and oxygen atoms in total. The molecule has 3 aromatic rings. The van der Waals surface area contributed by atoms with Gasteiger partial charge < -0.3 is 4.74 Å². The average Bonchev–Trinajstić information content (AvgIpc) is 2.61. The zero-order valence-corrected chi connectivity index (χ0v) is 17.6. The number of carbonyl (C=O) groups is 1. The average molecular weight is 418 g/mol. The second-order valence-electron chi connectivity index (χ2n) is 6.19. The van der Waals surface area contributed by atoms with Crippen molar-refractivity contribution in [2.45, 2.75) is 35.5 Å². The summed E-state index contributed by atoms with van der Waals surface area (Å²) < 4.78 is 5.38. The molecule has 0 saturated carbocycles. The molecular formula is C22H19Cl2O2S+. The fraction of sp³-hybridized carbons (Fsp3) is 0.136. The highest BCUT2D eigenvalue weighted by molar-refractivity contribution is 7.97. The van der Waals surface area contributed by atoms with Gasteiger partial charge in [-0.1, -0.05) is 23.2 Å². The van der Waals surface area contributed by atoms with E-state index in [1.54, 1.807) is 0 Å². The normalized spacial score (nSPS) is 10.9. The second-order valence-corrected chi connectivity index (χ2v) is 9.09. The van der Waals surface area contributed by atoms with Crippen molar-refractivity contribution >= 4 is 40.1 Å². The summed E-state index contributed by atoms with van der Waals surface area (Å²) >= 11 is 12.2. The molecule has 27 heavy (non-hydrogen) atoms. The van der Waals surface area contributed by atoms with Crippen LogP contribution in [0.2, 0.25) is 10.0 Å². The Labute approximate surface area is 172 Å². The van der Waals surface area contributed by atoms with E-state index in [9.17, 15) is 4.79 Å². The Hall–Kier alpha value is -1.94. The summed E-state index contributed by atoms with van der Waals surface area (Å²) in [6, 6.07) is 20.0. The van der Waals surface area contributed by atoms with Crippen LogP contribution in [-0.4, -0.2) is 5.97 Å². The molecule has 0 aliphatic carbocycles. The highest BCUT2D eigenvalue weighted by Gasteiger charge is 2.30. The predicted molar refractivity (Wildman–Crippen MR) is 112 cm³/mol. The van der Waals surface area contributed by atoms with Gasteiger partial charge in [0.15, 0.2) is 14.7 Å². The fourth-order valence-electron chi connectivity index (χ4n) is 2.88. The molecule has 0 atom stereocenters. The summed E-state index contributed by atoms with van der Waals surface area (Å²) in [6.07, 6.45) is 0. The van der Waals surface area contributed by atoms with E-state index in [1.807, 2.05) is 62.4 Å². The van der Waals surface area contributed by atoms with E-state index in [1.165, 1.54) is 6.92 Å². The molecule has 0 aromatic heterocycles. The molecule has 0 unspecified atom stereocenters. The van der Waals surface area contributed by atoms with Crippen LogP contribution in [0.3, 0.4) is 0 Å². The molecule has 0 bridgehead atoms. The Balaban J connectivity index is 2.14. The summed E-state index contributed by atoms with van der Waals surface area (Å²) in [5, 5.41) is 1.41. The molecule has 0 amide bonds. The quantitative estimate of drug-likeness (QED) is 0.270. The Kier molecular flexibility index (Phi) is 6.15. The van der Waals surface area contributed by atoms with Crippen molar-refractivity contribution in [2.24, 2.45) is 0 Å². The first kappa shape index (κ1) is 19.8. The number of hydrogen-bond acceptors (Lipinski definition) is 2. The van der Waals surface area contributed by atoms with Crippen molar-refractivity contribution < 1.29 is 9.53 Å². The van der Waals surface area contributed by atoms with Gasteiger partial charge >= 0.3 is 5.97 Å². The maximum Gasteiger partial charge on any atom is 0.308 e. The molecule has 0 aliphatic heterocycles. The van der Waals surface area contributed by atoms with Gasteiger partial charge in [-0.2, -0.15) is 0 Å². The lowest BCUT2D eigenvalue weighted by molar-refractivity contribution is -0.131. The van der Waals surface area contributed by atoms with E-state index >= 15 is 0 Å². The Morgan fingerprint density at radius 3 is 1.56 bits per heavy atom. The van der Waals surface area contributed by atoms with E-state index in [0.29, 0.717) is 15.8 Å². The van der Waals surface area contributed by atoms with Gasteiger partial charge in [-0.25, -0.2) is 0 Å². The lowest BCUT2D eigenvalue weighted by Crippen LogP contribution is -2.08. The molecule has 5 heteroatoms. The third kappa shape index (κ3) is 4.67. The van der Waals surface area contributed by atoms with Crippen LogP contribution in [0.4, 0.5) is 0 Å². The van der Waals surface area contributed by atoms with Gasteiger partial charge in [0.2, 0.25) is 0 Å². The molecule has 0 fully saturated rings. The first-order valence-electron chi connectivity index (χ1n) is 8.40. The molecule has 0 saturated heterocycles. The third-order valence-corrected chi connectivity index (χ3v) is 6.71. The maximum absolute atomic E-state index is 11.4. The summed E-state index contributed by atoms with van der Waals surface area (Å²) in [5.74, 6) is 0.311. The van der Waals surface area contributed by atoms with E-state index in [2.05, 4.69) is 12.1 Å². The highest BCUT2D eigenvalue weighted by atomic mass is 35.5. The molecule has 0 N–H and O–H groups in total. The topological polar surface area (TPSA) is 26.3 Å². The van der Waals surface area contributed by atoms with Gasteiger partial charge in [0.25, 0.3) is 0 Å². The number of hydrogen-bond donors (Lipinski definition) is 0. The zero-order valence-electron chi connectivity index (χ0n) is 15.3. The number of halogens is 2. The fourth-order valence-corrected chi connectivity index (χ4v) is 5.36. The van der Waals surface area contributed by atoms with E-state index in [4.69, 9.17) is 27.9 Å². The Morgan fingerprint density at radius 1 is 0.778 bits per heavy atom. The Morgan fingerprint density at radius 2 is 1.19 bits per heavy atom. The first-order valence-corrected chi connectivity index (χ1v) is 10.4. The maximum atomic E-state index is 11.4. The summed E-state index contributed by atoms with van der Waals surface area (Å²) in [5.41, 5.74) is 1.86. The molecule has 0 spiro atoms. The number of ether oxygens (including phenoxy) is 1. The van der Waals surface area contributed by atoms with Crippen LogP contribution < -0.4 is 4.74 Å². The standard InChI is InChI=1S/C22H19Cl2O2S/c1-14-12-21(13-15(2)22(14)26-16(3)25)27(19-8-4-17(23)5-9-19)20-10-6-18(24)7-11-20/h4-13H,1-3H3/q+1. The molecule has 3 aromatic carbocycles. The van der Waals surface area contributed by atoms with Gasteiger partial charge in [0.05, 0.1) is 10.9 Å². The van der Waals surface area contributed by atoms with Gasteiger partial charge in [-0.15, -0.1) is 0 Å². The minimum Gasteiger partial charge on any atom is -0.426 e. The highest BCUT2D eigenvalue weighted by Crippen LogP contribution is 2.36. The van der Waals surface area contributed by atoms with Gasteiger partial charge in [0, 0.05) is 29.1 Å². The molecule has 0 aliphatic rings. The van der Waals surface area contributed by atoms with Crippen LogP contribution in [0.25, 0.3) is 0 Å². The van der Waals surface area contributed by atoms with Crippen molar-refractivity contribution in [1.29, 1.82) is 0 Å². The van der Waals surface area contributed by atoms with E-state index in [0.717, 1.165) is 25.8 Å². The lowest BCUT2D eigenvalue weighted by Gasteiger charge is -2.13. The minimum absolute atomic E-state index is 0.316. The number of benzene rings is 3. The van der Waals surface area contributed by atoms with Crippen LogP contribution in [0, 0.1) is 13.8 Å². The number of rotatable bonds is 4. The third-order valence-electron chi connectivity index (χ3n) is 4.01.